The number of hydrogen-bond acceptors (Lipinski definition) is 1. The average molecular weight is 381 g/mol. The van der Waals surface area contributed by atoms with Crippen LogP contribution in [0.25, 0.3) is 0 Å². The van der Waals surface area contributed by atoms with Crippen LogP contribution in [0.1, 0.15) is 92.4 Å². The first kappa shape index (κ1) is 20.2. The molecule has 0 amide bonds. The number of allylic oxidation sites excluding steroid dienone is 6. The molecule has 1 heteroatoms. The number of hydrogen-bond donors (Lipinski definition) is 0. The highest BCUT2D eigenvalue weighted by Crippen LogP contribution is 2.63. The van der Waals surface area contributed by atoms with Crippen LogP contribution in [0, 0.1) is 34.5 Å². The van der Waals surface area contributed by atoms with Gasteiger partial charge in [0, 0.05) is 6.42 Å². The topological polar surface area (TPSA) is 17.1 Å². The van der Waals surface area contributed by atoms with Gasteiger partial charge in [-0.15, -0.1) is 0 Å². The fraction of sp³-hybridized carbons (Fsp3) is 0.741. The summed E-state index contributed by atoms with van der Waals surface area (Å²) in [5.41, 5.74) is 5.36. The summed E-state index contributed by atoms with van der Waals surface area (Å²) in [6.45, 7) is 12.3. The summed E-state index contributed by atoms with van der Waals surface area (Å²) in [6, 6.07) is 0. The van der Waals surface area contributed by atoms with Gasteiger partial charge in [-0.05, 0) is 83.8 Å². The number of carbonyl (C=O) groups excluding carboxylic acids is 1. The van der Waals surface area contributed by atoms with Crippen molar-refractivity contribution in [2.75, 3.05) is 0 Å². The molecule has 154 valence electrons. The summed E-state index contributed by atoms with van der Waals surface area (Å²) < 4.78 is 0. The largest absolute Gasteiger partial charge is 0.295 e. The van der Waals surface area contributed by atoms with Crippen LogP contribution >= 0.6 is 0 Å². The van der Waals surface area contributed by atoms with Crippen LogP contribution in [0.15, 0.2) is 34.9 Å². The van der Waals surface area contributed by atoms with Crippen molar-refractivity contribution >= 4 is 5.78 Å². The fourth-order valence-corrected chi connectivity index (χ4v) is 7.32. The Bertz CT molecular complexity index is 735. The van der Waals surface area contributed by atoms with Crippen molar-refractivity contribution in [1.29, 1.82) is 0 Å². The van der Waals surface area contributed by atoms with Gasteiger partial charge in [0.1, 0.15) is 0 Å². The smallest absolute Gasteiger partial charge is 0.156 e. The van der Waals surface area contributed by atoms with E-state index >= 15 is 0 Å². The van der Waals surface area contributed by atoms with Gasteiger partial charge in [0.05, 0.1) is 0 Å². The standard InChI is InChI=1S/C27H40O/c1-18(2)7-6-8-19(3)23-11-12-24-22-10-9-20-17-21(28)13-15-26(20,4)25(22)14-16-27(23,24)5/h9-10,17-19,23,25H,6-8,11-16H2,1-5H3/t19-,23?,25?,26?,27?/m1/s1. The molecule has 0 bridgehead atoms. The summed E-state index contributed by atoms with van der Waals surface area (Å²) in [4.78, 5) is 12.0. The van der Waals surface area contributed by atoms with Gasteiger partial charge in [0.25, 0.3) is 0 Å². The lowest BCUT2D eigenvalue weighted by Crippen LogP contribution is -2.41. The van der Waals surface area contributed by atoms with Gasteiger partial charge in [0.15, 0.2) is 5.78 Å². The maximum absolute atomic E-state index is 12.0. The molecule has 1 fully saturated rings. The lowest BCUT2D eigenvalue weighted by molar-refractivity contribution is -0.116. The molecule has 0 N–H and O–H groups in total. The molecule has 4 aliphatic carbocycles. The van der Waals surface area contributed by atoms with Gasteiger partial charge in [-0.2, -0.15) is 0 Å². The molecule has 0 heterocycles. The van der Waals surface area contributed by atoms with Crippen molar-refractivity contribution in [2.24, 2.45) is 34.5 Å². The number of rotatable bonds is 5. The fourth-order valence-electron chi connectivity index (χ4n) is 7.32. The molecule has 0 spiro atoms. The summed E-state index contributed by atoms with van der Waals surface area (Å²) >= 11 is 0. The van der Waals surface area contributed by atoms with E-state index in [2.05, 4.69) is 46.8 Å². The van der Waals surface area contributed by atoms with Crippen LogP contribution < -0.4 is 0 Å². The SMILES string of the molecule is CC(C)CCC[C@@H](C)C1CCC2=C3C=CC4=CC(=O)CCC4(C)C3CCC21C. The average Bonchev–Trinajstić information content (AvgIpc) is 2.99. The molecule has 1 saturated carbocycles. The first-order valence-corrected chi connectivity index (χ1v) is 11.9. The molecule has 1 nitrogen and oxygen atoms in total. The molecule has 0 radical (unpaired) electrons. The van der Waals surface area contributed by atoms with Crippen molar-refractivity contribution in [3.63, 3.8) is 0 Å². The Labute approximate surface area is 172 Å². The predicted molar refractivity (Wildman–Crippen MR) is 118 cm³/mol. The maximum atomic E-state index is 12.0. The van der Waals surface area contributed by atoms with E-state index in [0.29, 0.717) is 17.1 Å². The molecule has 28 heavy (non-hydrogen) atoms. The molecule has 0 saturated heterocycles. The highest BCUT2D eigenvalue weighted by atomic mass is 16.1. The van der Waals surface area contributed by atoms with E-state index in [1.807, 2.05) is 6.08 Å². The van der Waals surface area contributed by atoms with Gasteiger partial charge >= 0.3 is 0 Å². The summed E-state index contributed by atoms with van der Waals surface area (Å²) in [5, 5.41) is 0. The first-order valence-electron chi connectivity index (χ1n) is 11.9. The van der Waals surface area contributed by atoms with Gasteiger partial charge < -0.3 is 0 Å². The maximum Gasteiger partial charge on any atom is 0.156 e. The van der Waals surface area contributed by atoms with Crippen LogP contribution in [0.4, 0.5) is 0 Å². The lowest BCUT2D eigenvalue weighted by Gasteiger charge is -2.51. The van der Waals surface area contributed by atoms with Crippen LogP contribution in [0.2, 0.25) is 0 Å². The second-order valence-electron chi connectivity index (χ2n) is 11.2. The molecular formula is C27H40O. The molecule has 5 atom stereocenters. The van der Waals surface area contributed by atoms with Crippen molar-refractivity contribution in [3.05, 3.63) is 34.9 Å². The molecular weight excluding hydrogens is 340 g/mol. The van der Waals surface area contributed by atoms with E-state index < -0.39 is 0 Å². The molecule has 0 aliphatic heterocycles. The van der Waals surface area contributed by atoms with E-state index in [1.54, 1.807) is 11.1 Å². The highest BCUT2D eigenvalue weighted by Gasteiger charge is 2.53. The third kappa shape index (κ3) is 3.17. The van der Waals surface area contributed by atoms with Gasteiger partial charge in [-0.1, -0.05) is 71.6 Å². The highest BCUT2D eigenvalue weighted by molar-refractivity contribution is 5.92. The first-order chi connectivity index (χ1) is 13.3. The van der Waals surface area contributed by atoms with Gasteiger partial charge in [-0.25, -0.2) is 0 Å². The zero-order valence-corrected chi connectivity index (χ0v) is 18.8. The molecule has 4 aliphatic rings. The zero-order chi connectivity index (χ0) is 20.1. The van der Waals surface area contributed by atoms with E-state index in [0.717, 1.165) is 30.6 Å². The van der Waals surface area contributed by atoms with E-state index in [9.17, 15) is 4.79 Å². The Balaban J connectivity index is 1.61. The minimum Gasteiger partial charge on any atom is -0.295 e. The quantitative estimate of drug-likeness (QED) is 0.484. The van der Waals surface area contributed by atoms with E-state index in [1.165, 1.54) is 50.5 Å². The van der Waals surface area contributed by atoms with Crippen molar-refractivity contribution < 1.29 is 4.79 Å². The number of fused-ring (bicyclic) bond motifs is 4. The zero-order valence-electron chi connectivity index (χ0n) is 18.8. The third-order valence-corrected chi connectivity index (χ3v) is 9.10. The Morgan fingerprint density at radius 1 is 1.00 bits per heavy atom. The molecule has 4 rings (SSSR count). The second kappa shape index (κ2) is 7.29. The molecule has 4 unspecified atom stereocenters. The molecule has 0 aromatic rings. The Hall–Kier alpha value is -1.11. The summed E-state index contributed by atoms with van der Waals surface area (Å²) in [5.74, 6) is 3.48. The lowest BCUT2D eigenvalue weighted by atomic mass is 9.53. The van der Waals surface area contributed by atoms with E-state index in [4.69, 9.17) is 0 Å². The van der Waals surface area contributed by atoms with Crippen LogP contribution in [0.5, 0.6) is 0 Å². The Kier molecular flexibility index (Phi) is 5.26. The minimum absolute atomic E-state index is 0.188. The number of ketones is 1. The van der Waals surface area contributed by atoms with Crippen molar-refractivity contribution in [3.8, 4) is 0 Å². The van der Waals surface area contributed by atoms with Crippen LogP contribution in [-0.4, -0.2) is 5.78 Å². The monoisotopic (exact) mass is 380 g/mol. The van der Waals surface area contributed by atoms with Crippen molar-refractivity contribution in [1.82, 2.24) is 0 Å². The normalized spacial score (nSPS) is 38.2. The Morgan fingerprint density at radius 2 is 1.79 bits per heavy atom. The molecule has 0 aromatic heterocycles. The minimum atomic E-state index is 0.188. The third-order valence-electron chi connectivity index (χ3n) is 9.10. The van der Waals surface area contributed by atoms with Crippen LogP contribution in [-0.2, 0) is 4.79 Å². The van der Waals surface area contributed by atoms with Crippen molar-refractivity contribution in [2.45, 2.75) is 92.4 Å². The summed E-state index contributed by atoms with van der Waals surface area (Å²) in [6.07, 6.45) is 17.9. The van der Waals surface area contributed by atoms with Gasteiger partial charge in [0.2, 0.25) is 0 Å². The molecule has 0 aromatic carbocycles. The summed E-state index contributed by atoms with van der Waals surface area (Å²) in [7, 11) is 0. The number of carbonyl (C=O) groups is 1. The van der Waals surface area contributed by atoms with Crippen LogP contribution in [0.3, 0.4) is 0 Å². The Morgan fingerprint density at radius 3 is 2.54 bits per heavy atom. The van der Waals surface area contributed by atoms with E-state index in [-0.39, 0.29) is 5.41 Å². The predicted octanol–water partition coefficient (Wildman–Crippen LogP) is 7.44. The second-order valence-corrected chi connectivity index (χ2v) is 11.2. The van der Waals surface area contributed by atoms with Gasteiger partial charge in [-0.3, -0.25) is 4.79 Å².